The Morgan fingerprint density at radius 2 is 1.84 bits per heavy atom. The molecule has 0 atom stereocenters. The summed E-state index contributed by atoms with van der Waals surface area (Å²) in [4.78, 5) is 32.9. The molecule has 0 saturated heterocycles. The summed E-state index contributed by atoms with van der Waals surface area (Å²) in [6.45, 7) is 10.8. The van der Waals surface area contributed by atoms with E-state index in [1.807, 2.05) is 24.3 Å². The second-order valence-corrected chi connectivity index (χ2v) is 10.3. The predicted octanol–water partition coefficient (Wildman–Crippen LogP) is 4.30. The lowest BCUT2D eigenvalue weighted by Crippen LogP contribution is -2.40. The van der Waals surface area contributed by atoms with Gasteiger partial charge >= 0.3 is 0 Å². The van der Waals surface area contributed by atoms with E-state index in [-0.39, 0.29) is 17.2 Å². The maximum Gasteiger partial charge on any atom is 0.262 e. The number of carbonyl (C=O) groups excluding carboxylic acids is 1. The summed E-state index contributed by atoms with van der Waals surface area (Å²) in [6.07, 6.45) is 6.28. The first-order valence-corrected chi connectivity index (χ1v) is 13.0. The fraction of sp³-hybridized carbons (Fsp3) is 0.640. The number of nitrogens with zero attached hydrogens (tertiary/aromatic N) is 3. The van der Waals surface area contributed by atoms with Gasteiger partial charge in [-0.25, -0.2) is 4.98 Å². The maximum absolute atomic E-state index is 13.3. The highest BCUT2D eigenvalue weighted by atomic mass is 32.2. The van der Waals surface area contributed by atoms with E-state index in [4.69, 9.17) is 4.98 Å². The molecule has 1 saturated carbocycles. The second kappa shape index (κ2) is 11.8. The predicted molar refractivity (Wildman–Crippen MR) is 133 cm³/mol. The average Bonchev–Trinajstić information content (AvgIpc) is 2.78. The number of amides is 1. The summed E-state index contributed by atoms with van der Waals surface area (Å²) in [5.41, 5.74) is 0.650. The molecule has 32 heavy (non-hydrogen) atoms. The van der Waals surface area contributed by atoms with Crippen molar-refractivity contribution in [1.29, 1.82) is 0 Å². The van der Waals surface area contributed by atoms with Gasteiger partial charge < -0.3 is 5.32 Å². The zero-order chi connectivity index (χ0) is 23.1. The van der Waals surface area contributed by atoms with Gasteiger partial charge in [-0.15, -0.1) is 0 Å². The van der Waals surface area contributed by atoms with E-state index < -0.39 is 0 Å². The lowest BCUT2D eigenvalue weighted by molar-refractivity contribution is -0.118. The van der Waals surface area contributed by atoms with Crippen LogP contribution in [0.25, 0.3) is 10.9 Å². The summed E-state index contributed by atoms with van der Waals surface area (Å²) in [7, 11) is 0. The van der Waals surface area contributed by atoms with Crippen molar-refractivity contribution >= 4 is 28.6 Å². The molecule has 176 valence electrons. The molecular weight excluding hydrogens is 420 g/mol. The minimum absolute atomic E-state index is 0.0144. The third-order valence-corrected chi connectivity index (χ3v) is 7.36. The molecule has 1 aliphatic carbocycles. The van der Waals surface area contributed by atoms with Crippen LogP contribution in [-0.4, -0.2) is 51.3 Å². The van der Waals surface area contributed by atoms with Gasteiger partial charge in [0.25, 0.3) is 5.56 Å². The van der Waals surface area contributed by atoms with Crippen LogP contribution in [0, 0.1) is 5.92 Å². The van der Waals surface area contributed by atoms with Gasteiger partial charge in [0, 0.05) is 31.7 Å². The molecule has 1 N–H and O–H groups in total. The van der Waals surface area contributed by atoms with Crippen molar-refractivity contribution in [3.63, 3.8) is 0 Å². The van der Waals surface area contributed by atoms with Gasteiger partial charge in [0.15, 0.2) is 5.16 Å². The van der Waals surface area contributed by atoms with E-state index in [1.54, 1.807) is 4.57 Å². The van der Waals surface area contributed by atoms with Crippen molar-refractivity contribution in [1.82, 2.24) is 19.8 Å². The summed E-state index contributed by atoms with van der Waals surface area (Å²) >= 11 is 1.36. The van der Waals surface area contributed by atoms with Crippen LogP contribution in [0.15, 0.2) is 34.2 Å². The molecule has 6 nitrogen and oxygen atoms in total. The Balaban J connectivity index is 1.73. The second-order valence-electron chi connectivity index (χ2n) is 9.39. The first-order valence-electron chi connectivity index (χ1n) is 12.0. The fourth-order valence-corrected chi connectivity index (χ4v) is 5.47. The Labute approximate surface area is 196 Å². The van der Waals surface area contributed by atoms with Crippen molar-refractivity contribution < 1.29 is 4.79 Å². The molecule has 1 aliphatic rings. The Morgan fingerprint density at radius 3 is 2.53 bits per heavy atom. The van der Waals surface area contributed by atoms with Crippen LogP contribution in [0.2, 0.25) is 0 Å². The van der Waals surface area contributed by atoms with Crippen molar-refractivity contribution in [3.05, 3.63) is 34.6 Å². The van der Waals surface area contributed by atoms with E-state index >= 15 is 0 Å². The highest BCUT2D eigenvalue weighted by molar-refractivity contribution is 7.99. The molecule has 0 aliphatic heterocycles. The zero-order valence-corrected chi connectivity index (χ0v) is 20.8. The lowest BCUT2D eigenvalue weighted by atomic mass is 9.89. The Hall–Kier alpha value is -1.86. The number of rotatable bonds is 10. The molecule has 2 aromatic rings. The molecule has 7 heteroatoms. The smallest absolute Gasteiger partial charge is 0.262 e. The van der Waals surface area contributed by atoms with Gasteiger partial charge in [-0.2, -0.15) is 0 Å². The van der Waals surface area contributed by atoms with E-state index in [1.165, 1.54) is 43.9 Å². The largest absolute Gasteiger partial charge is 0.355 e. The van der Waals surface area contributed by atoms with Crippen LogP contribution in [-0.2, 0) is 11.3 Å². The molecule has 0 bridgehead atoms. The zero-order valence-electron chi connectivity index (χ0n) is 20.0. The highest BCUT2D eigenvalue weighted by Crippen LogP contribution is 2.23. The van der Waals surface area contributed by atoms with Crippen LogP contribution in [0.3, 0.4) is 0 Å². The van der Waals surface area contributed by atoms with Crippen molar-refractivity contribution in [2.24, 2.45) is 5.92 Å². The molecule has 1 heterocycles. The van der Waals surface area contributed by atoms with Crippen LogP contribution >= 0.6 is 11.8 Å². The summed E-state index contributed by atoms with van der Waals surface area (Å²) in [5.74, 6) is 0.892. The SMILES string of the molecule is CC(C)N(CCn1c(SCC(=O)NCC2CCCCC2)nc2ccccc2c1=O)C(C)C. The third kappa shape index (κ3) is 6.58. The van der Waals surface area contributed by atoms with Gasteiger partial charge in [-0.05, 0) is 58.6 Å². The molecule has 1 aromatic carbocycles. The lowest BCUT2D eigenvalue weighted by Gasteiger charge is -2.30. The Bertz CT molecular complexity index is 943. The number of aromatic nitrogens is 2. The van der Waals surface area contributed by atoms with Gasteiger partial charge in [0.1, 0.15) is 0 Å². The van der Waals surface area contributed by atoms with Crippen LogP contribution in [0.1, 0.15) is 59.8 Å². The van der Waals surface area contributed by atoms with Crippen molar-refractivity contribution in [3.8, 4) is 0 Å². The number of hydrogen-bond acceptors (Lipinski definition) is 5. The van der Waals surface area contributed by atoms with E-state index in [9.17, 15) is 9.59 Å². The first kappa shape index (κ1) is 24.8. The number of hydrogen-bond donors (Lipinski definition) is 1. The van der Waals surface area contributed by atoms with E-state index in [2.05, 4.69) is 37.9 Å². The van der Waals surface area contributed by atoms with Gasteiger partial charge in [-0.1, -0.05) is 43.2 Å². The normalized spacial score (nSPS) is 15.2. The first-order chi connectivity index (χ1) is 15.4. The summed E-state index contributed by atoms with van der Waals surface area (Å²) in [6, 6.07) is 8.24. The minimum atomic E-state index is -0.0341. The van der Waals surface area contributed by atoms with Crippen LogP contribution in [0.4, 0.5) is 0 Å². The Kier molecular flexibility index (Phi) is 9.17. The fourth-order valence-electron chi connectivity index (χ4n) is 4.61. The van der Waals surface area contributed by atoms with Crippen molar-refractivity contribution in [2.45, 2.75) is 83.6 Å². The van der Waals surface area contributed by atoms with Gasteiger partial charge in [0.2, 0.25) is 5.91 Å². The number of thioether (sulfide) groups is 1. The highest BCUT2D eigenvalue weighted by Gasteiger charge is 2.18. The monoisotopic (exact) mass is 458 g/mol. The number of nitrogens with one attached hydrogen (secondary N) is 1. The van der Waals surface area contributed by atoms with Crippen LogP contribution < -0.4 is 10.9 Å². The van der Waals surface area contributed by atoms with Gasteiger partial charge in [-0.3, -0.25) is 19.1 Å². The topological polar surface area (TPSA) is 67.2 Å². The van der Waals surface area contributed by atoms with Gasteiger partial charge in [0.05, 0.1) is 16.7 Å². The molecule has 1 amide bonds. The van der Waals surface area contributed by atoms with Crippen LogP contribution in [0.5, 0.6) is 0 Å². The van der Waals surface area contributed by atoms with E-state index in [0.717, 1.165) is 13.1 Å². The standard InChI is InChI=1S/C25H38N4O2S/c1-18(2)28(19(3)4)14-15-29-24(31)21-12-8-9-13-22(21)27-25(29)32-17-23(30)26-16-20-10-6-5-7-11-20/h8-9,12-13,18-20H,5-7,10-11,14-17H2,1-4H3,(H,26,30). The number of para-hydroxylation sites is 1. The quantitative estimate of drug-likeness (QED) is 0.425. The number of carbonyl (C=O) groups is 1. The third-order valence-electron chi connectivity index (χ3n) is 6.38. The summed E-state index contributed by atoms with van der Waals surface area (Å²) < 4.78 is 1.75. The summed E-state index contributed by atoms with van der Waals surface area (Å²) in [5, 5.41) is 4.33. The Morgan fingerprint density at radius 1 is 1.16 bits per heavy atom. The molecular formula is C25H38N4O2S. The number of fused-ring (bicyclic) bond motifs is 1. The molecule has 0 spiro atoms. The molecule has 0 unspecified atom stereocenters. The molecule has 1 fully saturated rings. The maximum atomic E-state index is 13.3. The average molecular weight is 459 g/mol. The molecule has 3 rings (SSSR count). The molecule has 0 radical (unpaired) electrons. The minimum Gasteiger partial charge on any atom is -0.355 e. The number of benzene rings is 1. The molecule has 1 aromatic heterocycles. The van der Waals surface area contributed by atoms with E-state index in [0.29, 0.717) is 40.6 Å². The van der Waals surface area contributed by atoms with Crippen molar-refractivity contribution in [2.75, 3.05) is 18.8 Å².